The van der Waals surface area contributed by atoms with Gasteiger partial charge in [0.05, 0.1) is 11.8 Å². The lowest BCUT2D eigenvalue weighted by Crippen LogP contribution is -2.33. The van der Waals surface area contributed by atoms with E-state index < -0.39 is 0 Å². The van der Waals surface area contributed by atoms with Gasteiger partial charge in [-0.1, -0.05) is 87.1 Å². The van der Waals surface area contributed by atoms with Crippen LogP contribution < -0.4 is 5.32 Å². The molecular weight excluding hydrogens is 368 g/mol. The van der Waals surface area contributed by atoms with Gasteiger partial charge in [-0.25, -0.2) is 4.98 Å². The normalized spacial score (nSPS) is 12.1. The summed E-state index contributed by atoms with van der Waals surface area (Å²) in [6.45, 7) is 6.38. The Morgan fingerprint density at radius 1 is 1.11 bits per heavy atom. The van der Waals surface area contributed by atoms with E-state index in [1.54, 1.807) is 0 Å². The number of benzene rings is 2. The molecule has 0 aliphatic heterocycles. The molecule has 1 atom stereocenters. The van der Waals surface area contributed by atoms with Crippen molar-refractivity contribution in [1.82, 2.24) is 20.5 Å². The Kier molecular flexibility index (Phi) is 6.87. The minimum atomic E-state index is -0.0191. The molecule has 0 bridgehead atoms. The number of thioether (sulfide) groups is 1. The van der Waals surface area contributed by atoms with Crippen LogP contribution in [-0.4, -0.2) is 26.8 Å². The number of nitrogens with zero attached hydrogens (tertiary/aromatic N) is 2. The number of amides is 1. The third-order valence-corrected chi connectivity index (χ3v) is 5.42. The number of rotatable bonds is 8. The first-order valence-electron chi connectivity index (χ1n) is 9.55. The molecule has 0 radical (unpaired) electrons. The summed E-state index contributed by atoms with van der Waals surface area (Å²) >= 11 is 1.33. The van der Waals surface area contributed by atoms with Crippen molar-refractivity contribution in [2.45, 2.75) is 38.4 Å². The Balaban J connectivity index is 1.58. The van der Waals surface area contributed by atoms with E-state index in [2.05, 4.69) is 65.5 Å². The van der Waals surface area contributed by atoms with Crippen LogP contribution in [0.4, 0.5) is 0 Å². The fourth-order valence-corrected chi connectivity index (χ4v) is 3.59. The minimum absolute atomic E-state index is 0.00831. The maximum absolute atomic E-state index is 12.5. The summed E-state index contributed by atoms with van der Waals surface area (Å²) in [5.41, 5.74) is 3.41. The maximum atomic E-state index is 12.5. The zero-order chi connectivity index (χ0) is 19.9. The number of aromatic nitrogens is 3. The fraction of sp³-hybridized carbons (Fsp3) is 0.318. The first-order chi connectivity index (χ1) is 13.6. The van der Waals surface area contributed by atoms with Crippen molar-refractivity contribution in [3.05, 3.63) is 65.7 Å². The molecule has 0 aliphatic carbocycles. The lowest BCUT2D eigenvalue weighted by molar-refractivity contribution is -0.119. The van der Waals surface area contributed by atoms with Crippen LogP contribution in [0.15, 0.2) is 59.8 Å². The van der Waals surface area contributed by atoms with E-state index >= 15 is 0 Å². The first kappa shape index (κ1) is 20.1. The molecule has 3 aromatic rings. The Morgan fingerprint density at radius 3 is 2.46 bits per heavy atom. The average molecular weight is 395 g/mol. The highest BCUT2D eigenvalue weighted by molar-refractivity contribution is 7.99. The van der Waals surface area contributed by atoms with Crippen LogP contribution in [0.3, 0.4) is 0 Å². The predicted octanol–water partition coefficient (Wildman–Crippen LogP) is 4.64. The van der Waals surface area contributed by atoms with Crippen LogP contribution >= 0.6 is 11.8 Å². The van der Waals surface area contributed by atoms with Crippen molar-refractivity contribution in [3.8, 4) is 11.4 Å². The molecule has 0 aliphatic rings. The zero-order valence-corrected chi connectivity index (χ0v) is 17.3. The van der Waals surface area contributed by atoms with Gasteiger partial charge in [0, 0.05) is 5.56 Å². The average Bonchev–Trinajstić information content (AvgIpc) is 3.20. The molecular formula is C22H26N4OS. The minimum Gasteiger partial charge on any atom is -0.348 e. The predicted molar refractivity (Wildman–Crippen MR) is 114 cm³/mol. The van der Waals surface area contributed by atoms with Crippen molar-refractivity contribution in [3.63, 3.8) is 0 Å². The highest BCUT2D eigenvalue weighted by Crippen LogP contribution is 2.23. The van der Waals surface area contributed by atoms with E-state index in [1.807, 2.05) is 30.3 Å². The van der Waals surface area contributed by atoms with Crippen LogP contribution in [0.1, 0.15) is 37.9 Å². The number of carbonyl (C=O) groups excluding carboxylic acids is 1. The fourth-order valence-electron chi connectivity index (χ4n) is 2.98. The van der Waals surface area contributed by atoms with Crippen LogP contribution in [0.2, 0.25) is 0 Å². The van der Waals surface area contributed by atoms with Crippen molar-refractivity contribution >= 4 is 17.7 Å². The SMILES string of the molecule is CCc1ccc([C@H](NC(=O)CSc2n[nH]c(-c3ccccc3)n2)C(C)C)cc1. The molecule has 6 heteroatoms. The largest absolute Gasteiger partial charge is 0.348 e. The second kappa shape index (κ2) is 9.55. The molecule has 0 fully saturated rings. The number of hydrogen-bond donors (Lipinski definition) is 2. The van der Waals surface area contributed by atoms with Gasteiger partial charge in [-0.3, -0.25) is 9.89 Å². The molecule has 146 valence electrons. The van der Waals surface area contributed by atoms with Crippen LogP contribution in [0, 0.1) is 5.92 Å². The van der Waals surface area contributed by atoms with E-state index in [4.69, 9.17) is 0 Å². The molecule has 28 heavy (non-hydrogen) atoms. The van der Waals surface area contributed by atoms with Crippen LogP contribution in [-0.2, 0) is 11.2 Å². The Labute approximate surface area is 170 Å². The van der Waals surface area contributed by atoms with Crippen molar-refractivity contribution < 1.29 is 4.79 Å². The zero-order valence-electron chi connectivity index (χ0n) is 16.5. The Morgan fingerprint density at radius 2 is 1.82 bits per heavy atom. The van der Waals surface area contributed by atoms with Crippen molar-refractivity contribution in [2.24, 2.45) is 5.92 Å². The Bertz CT molecular complexity index is 890. The maximum Gasteiger partial charge on any atom is 0.230 e. The van der Waals surface area contributed by atoms with Gasteiger partial charge < -0.3 is 5.32 Å². The number of aryl methyl sites for hydroxylation is 1. The molecule has 1 heterocycles. The molecule has 2 N–H and O–H groups in total. The van der Waals surface area contributed by atoms with E-state index in [0.717, 1.165) is 17.5 Å². The highest BCUT2D eigenvalue weighted by Gasteiger charge is 2.19. The molecule has 2 aromatic carbocycles. The number of hydrogen-bond acceptors (Lipinski definition) is 4. The molecule has 0 unspecified atom stereocenters. The van der Waals surface area contributed by atoms with Gasteiger partial charge in [-0.05, 0) is 23.5 Å². The van der Waals surface area contributed by atoms with Gasteiger partial charge in [0.15, 0.2) is 5.82 Å². The summed E-state index contributed by atoms with van der Waals surface area (Å²) in [4.78, 5) is 17.0. The number of aromatic amines is 1. The number of H-pyrrole nitrogens is 1. The molecule has 5 nitrogen and oxygen atoms in total. The monoisotopic (exact) mass is 394 g/mol. The number of carbonyl (C=O) groups is 1. The second-order valence-electron chi connectivity index (χ2n) is 7.01. The molecule has 3 rings (SSSR count). The third kappa shape index (κ3) is 5.23. The van der Waals surface area contributed by atoms with Gasteiger partial charge in [0.2, 0.25) is 11.1 Å². The van der Waals surface area contributed by atoms with Crippen LogP contribution in [0.25, 0.3) is 11.4 Å². The smallest absolute Gasteiger partial charge is 0.230 e. The summed E-state index contributed by atoms with van der Waals surface area (Å²) in [7, 11) is 0. The molecule has 0 spiro atoms. The first-order valence-corrected chi connectivity index (χ1v) is 10.5. The second-order valence-corrected chi connectivity index (χ2v) is 7.95. The number of nitrogens with one attached hydrogen (secondary N) is 2. The lowest BCUT2D eigenvalue weighted by atomic mass is 9.95. The quantitative estimate of drug-likeness (QED) is 0.546. The molecule has 1 amide bonds. The molecule has 0 saturated carbocycles. The summed E-state index contributed by atoms with van der Waals surface area (Å²) in [5, 5.41) is 10.9. The topological polar surface area (TPSA) is 70.7 Å². The van der Waals surface area contributed by atoms with Gasteiger partial charge in [-0.2, -0.15) is 0 Å². The highest BCUT2D eigenvalue weighted by atomic mass is 32.2. The standard InChI is InChI=1S/C22H26N4OS/c1-4-16-10-12-17(13-11-16)20(15(2)3)23-19(27)14-28-22-24-21(25-26-22)18-8-6-5-7-9-18/h5-13,15,20H,4,14H2,1-3H3,(H,23,27)(H,24,25,26)/t20-/m1/s1. The van der Waals surface area contributed by atoms with Gasteiger partial charge in [-0.15, -0.1) is 5.10 Å². The summed E-state index contributed by atoms with van der Waals surface area (Å²) in [6, 6.07) is 18.3. The van der Waals surface area contributed by atoms with E-state index in [1.165, 1.54) is 17.3 Å². The van der Waals surface area contributed by atoms with Gasteiger partial charge in [0.25, 0.3) is 0 Å². The van der Waals surface area contributed by atoms with E-state index in [0.29, 0.717) is 16.9 Å². The van der Waals surface area contributed by atoms with Crippen molar-refractivity contribution in [1.29, 1.82) is 0 Å². The summed E-state index contributed by atoms with van der Waals surface area (Å²) in [5.74, 6) is 1.27. The summed E-state index contributed by atoms with van der Waals surface area (Å²) < 4.78 is 0. The Hall–Kier alpha value is -2.60. The van der Waals surface area contributed by atoms with Crippen molar-refractivity contribution in [2.75, 3.05) is 5.75 Å². The molecule has 0 saturated heterocycles. The van der Waals surface area contributed by atoms with Gasteiger partial charge in [0.1, 0.15) is 0 Å². The lowest BCUT2D eigenvalue weighted by Gasteiger charge is -2.23. The molecule has 1 aromatic heterocycles. The summed E-state index contributed by atoms with van der Waals surface area (Å²) in [6.07, 6.45) is 1.01. The van der Waals surface area contributed by atoms with Crippen LogP contribution in [0.5, 0.6) is 0 Å². The van der Waals surface area contributed by atoms with Gasteiger partial charge >= 0.3 is 0 Å². The van der Waals surface area contributed by atoms with E-state index in [-0.39, 0.29) is 17.7 Å². The third-order valence-electron chi connectivity index (χ3n) is 4.57. The van der Waals surface area contributed by atoms with E-state index in [9.17, 15) is 4.79 Å².